The zero-order valence-electron chi connectivity index (χ0n) is 17.7. The molecule has 3 N–H and O–H groups in total. The van der Waals surface area contributed by atoms with Gasteiger partial charge in [0.2, 0.25) is 5.95 Å². The molecular weight excluding hydrogens is 422 g/mol. The van der Waals surface area contributed by atoms with Crippen LogP contribution in [0.4, 0.5) is 11.6 Å². The van der Waals surface area contributed by atoms with Gasteiger partial charge in [-0.3, -0.25) is 4.21 Å². The first kappa shape index (κ1) is 20.8. The summed E-state index contributed by atoms with van der Waals surface area (Å²) in [6, 6.07) is 19.7. The molecule has 0 bridgehead atoms. The van der Waals surface area contributed by atoms with Crippen molar-refractivity contribution in [3.63, 3.8) is 0 Å². The highest BCUT2D eigenvalue weighted by molar-refractivity contribution is 7.84. The summed E-state index contributed by atoms with van der Waals surface area (Å²) in [7, 11) is -1.01. The zero-order valence-corrected chi connectivity index (χ0v) is 18.5. The van der Waals surface area contributed by atoms with Gasteiger partial charge in [0, 0.05) is 51.9 Å². The van der Waals surface area contributed by atoms with Crippen LogP contribution in [0.1, 0.15) is 17.9 Å². The third-order valence-corrected chi connectivity index (χ3v) is 6.82. The van der Waals surface area contributed by atoms with Crippen molar-refractivity contribution in [1.29, 1.82) is 0 Å². The van der Waals surface area contributed by atoms with E-state index in [0.717, 1.165) is 45.9 Å². The number of fused-ring (bicyclic) bond motifs is 1. The monoisotopic (exact) mass is 447 g/mol. The molecule has 164 valence electrons. The van der Waals surface area contributed by atoms with E-state index in [0.29, 0.717) is 12.5 Å². The Morgan fingerprint density at radius 3 is 2.78 bits per heavy atom. The van der Waals surface area contributed by atoms with E-state index in [2.05, 4.69) is 27.9 Å². The summed E-state index contributed by atoms with van der Waals surface area (Å²) in [4.78, 5) is 5.52. The zero-order chi connectivity index (χ0) is 22.1. The van der Waals surface area contributed by atoms with Crippen molar-refractivity contribution in [2.24, 2.45) is 0 Å². The average Bonchev–Trinajstić information content (AvgIpc) is 3.22. The molecule has 0 radical (unpaired) electrons. The second-order valence-electron chi connectivity index (χ2n) is 8.02. The Labute approximate surface area is 189 Å². The van der Waals surface area contributed by atoms with E-state index < -0.39 is 10.8 Å². The number of benzene rings is 2. The molecule has 32 heavy (non-hydrogen) atoms. The van der Waals surface area contributed by atoms with Crippen molar-refractivity contribution in [2.45, 2.75) is 23.3 Å². The van der Waals surface area contributed by atoms with Gasteiger partial charge in [-0.15, -0.1) is 5.10 Å². The highest BCUT2D eigenvalue weighted by atomic mass is 32.2. The van der Waals surface area contributed by atoms with Crippen molar-refractivity contribution in [3.05, 3.63) is 72.4 Å². The lowest BCUT2D eigenvalue weighted by atomic mass is 9.88. The third-order valence-electron chi connectivity index (χ3n) is 5.88. The Morgan fingerprint density at radius 1 is 1.16 bits per heavy atom. The Hall–Kier alpha value is -3.07. The van der Waals surface area contributed by atoms with E-state index in [9.17, 15) is 9.32 Å². The number of pyridine rings is 1. The molecule has 2 aromatic heterocycles. The fourth-order valence-electron chi connectivity index (χ4n) is 4.22. The van der Waals surface area contributed by atoms with Crippen LogP contribution in [-0.4, -0.2) is 49.4 Å². The minimum absolute atomic E-state index is 0.124. The molecule has 1 aliphatic heterocycles. The van der Waals surface area contributed by atoms with E-state index >= 15 is 0 Å². The van der Waals surface area contributed by atoms with Gasteiger partial charge in [0.25, 0.3) is 0 Å². The fourth-order valence-corrected chi connectivity index (χ4v) is 4.74. The van der Waals surface area contributed by atoms with E-state index in [4.69, 9.17) is 4.98 Å². The molecule has 7 nitrogen and oxygen atoms in total. The van der Waals surface area contributed by atoms with E-state index in [1.165, 1.54) is 0 Å². The first-order chi connectivity index (χ1) is 15.6. The summed E-state index contributed by atoms with van der Waals surface area (Å²) in [6.07, 6.45) is 4.07. The van der Waals surface area contributed by atoms with Gasteiger partial charge in [-0.25, -0.2) is 4.52 Å². The molecule has 3 heterocycles. The molecule has 1 saturated heterocycles. The van der Waals surface area contributed by atoms with Crippen LogP contribution in [0.5, 0.6) is 0 Å². The molecule has 2 aromatic carbocycles. The smallest absolute Gasteiger partial charge is 0.247 e. The maximum absolute atomic E-state index is 11.7. The van der Waals surface area contributed by atoms with Crippen LogP contribution in [0.15, 0.2) is 71.8 Å². The first-order valence-electron chi connectivity index (χ1n) is 10.6. The SMILES string of the molecule is CS(=O)c1ccc(-c2cccn3nc(Nc4cccc([C@@H]5CCNC[C@@H]5O)c4)nc23)cc1. The number of nitrogens with one attached hydrogen (secondary N) is 2. The Kier molecular flexibility index (Phi) is 5.73. The van der Waals surface area contributed by atoms with Crippen molar-refractivity contribution >= 4 is 28.1 Å². The van der Waals surface area contributed by atoms with Crippen LogP contribution in [0.3, 0.4) is 0 Å². The van der Waals surface area contributed by atoms with Gasteiger partial charge in [-0.2, -0.15) is 4.98 Å². The molecule has 5 rings (SSSR count). The number of aliphatic hydroxyl groups is 1. The second kappa shape index (κ2) is 8.82. The van der Waals surface area contributed by atoms with E-state index in [1.807, 2.05) is 54.7 Å². The highest BCUT2D eigenvalue weighted by Gasteiger charge is 2.24. The molecule has 0 aliphatic carbocycles. The summed E-state index contributed by atoms with van der Waals surface area (Å²) >= 11 is 0. The van der Waals surface area contributed by atoms with Crippen molar-refractivity contribution < 1.29 is 9.32 Å². The Morgan fingerprint density at radius 2 is 2.00 bits per heavy atom. The van der Waals surface area contributed by atoms with Crippen molar-refractivity contribution in [2.75, 3.05) is 24.7 Å². The molecule has 0 spiro atoms. The number of piperidine rings is 1. The largest absolute Gasteiger partial charge is 0.391 e. The summed E-state index contributed by atoms with van der Waals surface area (Å²) in [5, 5.41) is 21.5. The number of aliphatic hydroxyl groups excluding tert-OH is 1. The predicted molar refractivity (Wildman–Crippen MR) is 127 cm³/mol. The number of β-amino-alcohol motifs (C(OH)–C–C–N with tert-alkyl or cyclic N) is 1. The van der Waals surface area contributed by atoms with Crippen LogP contribution >= 0.6 is 0 Å². The summed E-state index contributed by atoms with van der Waals surface area (Å²) in [5.41, 5.74) is 4.69. The van der Waals surface area contributed by atoms with Crippen molar-refractivity contribution in [3.8, 4) is 11.1 Å². The number of aromatic nitrogens is 3. The molecule has 1 unspecified atom stereocenters. The maximum Gasteiger partial charge on any atom is 0.247 e. The van der Waals surface area contributed by atoms with E-state index in [1.54, 1.807) is 10.8 Å². The van der Waals surface area contributed by atoms with Gasteiger partial charge in [-0.05, 0) is 60.5 Å². The first-order valence-corrected chi connectivity index (χ1v) is 12.2. The van der Waals surface area contributed by atoms with Gasteiger partial charge >= 0.3 is 0 Å². The van der Waals surface area contributed by atoms with Gasteiger partial charge < -0.3 is 15.7 Å². The number of rotatable bonds is 5. The van der Waals surface area contributed by atoms with Crippen LogP contribution in [0.2, 0.25) is 0 Å². The van der Waals surface area contributed by atoms with Crippen LogP contribution in [0.25, 0.3) is 16.8 Å². The van der Waals surface area contributed by atoms with Gasteiger partial charge in [0.05, 0.1) is 6.10 Å². The minimum atomic E-state index is -1.01. The van der Waals surface area contributed by atoms with Crippen LogP contribution in [-0.2, 0) is 10.8 Å². The third kappa shape index (κ3) is 4.17. The molecule has 0 amide bonds. The lowest BCUT2D eigenvalue weighted by Crippen LogP contribution is -2.39. The number of nitrogens with zero attached hydrogens (tertiary/aromatic N) is 3. The minimum Gasteiger partial charge on any atom is -0.391 e. The lowest BCUT2D eigenvalue weighted by Gasteiger charge is -2.28. The molecule has 4 aromatic rings. The van der Waals surface area contributed by atoms with Crippen LogP contribution < -0.4 is 10.6 Å². The highest BCUT2D eigenvalue weighted by Crippen LogP contribution is 2.29. The molecule has 3 atom stereocenters. The number of hydrogen-bond acceptors (Lipinski definition) is 6. The normalized spacial score (nSPS) is 19.7. The van der Waals surface area contributed by atoms with Crippen molar-refractivity contribution in [1.82, 2.24) is 19.9 Å². The Balaban J connectivity index is 1.43. The quantitative estimate of drug-likeness (QED) is 0.435. The lowest BCUT2D eigenvalue weighted by molar-refractivity contribution is 0.118. The Bertz CT molecular complexity index is 1270. The topological polar surface area (TPSA) is 91.6 Å². The number of hydrogen-bond donors (Lipinski definition) is 3. The molecule has 8 heteroatoms. The average molecular weight is 448 g/mol. The summed E-state index contributed by atoms with van der Waals surface area (Å²) in [6.45, 7) is 1.53. The summed E-state index contributed by atoms with van der Waals surface area (Å²) < 4.78 is 13.4. The predicted octanol–water partition coefficient (Wildman–Crippen LogP) is 3.32. The van der Waals surface area contributed by atoms with Gasteiger partial charge in [-0.1, -0.05) is 24.3 Å². The second-order valence-corrected chi connectivity index (χ2v) is 9.40. The van der Waals surface area contributed by atoms with E-state index in [-0.39, 0.29) is 12.0 Å². The van der Waals surface area contributed by atoms with Crippen LogP contribution in [0, 0.1) is 0 Å². The molecule has 0 saturated carbocycles. The van der Waals surface area contributed by atoms with Gasteiger partial charge in [0.15, 0.2) is 5.65 Å². The number of anilines is 2. The molecule has 1 aliphatic rings. The molecular formula is C24H25N5O2S. The maximum atomic E-state index is 11.7. The fraction of sp³-hybridized carbons (Fsp3) is 0.250. The molecule has 1 fully saturated rings. The standard InChI is InChI=1S/C24H25N5O2S/c1-32(31)19-9-7-16(8-10-19)21-6-3-13-29-23(21)27-24(28-29)26-18-5-2-4-17(14-18)20-11-12-25-15-22(20)30/h2-10,13-14,20,22,25,30H,11-12,15H2,1H3,(H,26,28)/t20-,22-,32?/m0/s1. The van der Waals surface area contributed by atoms with Gasteiger partial charge in [0.1, 0.15) is 0 Å². The summed E-state index contributed by atoms with van der Waals surface area (Å²) in [5.74, 6) is 0.630.